The van der Waals surface area contributed by atoms with Crippen LogP contribution in [0.1, 0.15) is 43.0 Å². The minimum absolute atomic E-state index is 0.258. The SMILES string of the molecule is CC[C@@H]1CCCCN1C(=S)NC(=O)c1cc(Br)ccc1Cl. The summed E-state index contributed by atoms with van der Waals surface area (Å²) in [7, 11) is 0. The predicted octanol–water partition coefficient (Wildman–Crippen LogP) is 4.38. The van der Waals surface area contributed by atoms with Crippen LogP contribution >= 0.6 is 39.7 Å². The molecule has 0 aromatic heterocycles. The Bertz CT molecular complexity index is 552. The molecule has 6 heteroatoms. The highest BCUT2D eigenvalue weighted by atomic mass is 79.9. The van der Waals surface area contributed by atoms with Gasteiger partial charge < -0.3 is 4.90 Å². The number of carbonyl (C=O) groups is 1. The standard InChI is InChI=1S/C15H18BrClN2OS/c1-2-11-5-3-4-8-19(11)15(21)18-14(20)12-9-10(16)6-7-13(12)17/h6-7,9,11H,2-5,8H2,1H3,(H,18,20,21)/t11-/m1/s1. The Balaban J connectivity index is 2.08. The van der Waals surface area contributed by atoms with E-state index in [1.165, 1.54) is 6.42 Å². The first-order chi connectivity index (χ1) is 10.0. The Labute approximate surface area is 144 Å². The highest BCUT2D eigenvalue weighted by molar-refractivity contribution is 9.10. The van der Waals surface area contributed by atoms with Crippen LogP contribution in [0.3, 0.4) is 0 Å². The molecule has 0 unspecified atom stereocenters. The van der Waals surface area contributed by atoms with E-state index in [4.69, 9.17) is 23.8 Å². The van der Waals surface area contributed by atoms with Crippen LogP contribution < -0.4 is 5.32 Å². The van der Waals surface area contributed by atoms with Gasteiger partial charge in [-0.15, -0.1) is 0 Å². The van der Waals surface area contributed by atoms with Crippen LogP contribution in [0.4, 0.5) is 0 Å². The molecule has 0 radical (unpaired) electrons. The molecule has 114 valence electrons. The first-order valence-corrected chi connectivity index (χ1v) is 8.68. The molecule has 1 amide bonds. The van der Waals surface area contributed by atoms with Crippen LogP contribution in [0.25, 0.3) is 0 Å². The number of likely N-dealkylation sites (tertiary alicyclic amines) is 1. The maximum atomic E-state index is 12.3. The van der Waals surface area contributed by atoms with Gasteiger partial charge in [0.15, 0.2) is 5.11 Å². The van der Waals surface area contributed by atoms with Gasteiger partial charge >= 0.3 is 0 Å². The third-order valence-electron chi connectivity index (χ3n) is 3.75. The minimum atomic E-state index is -0.258. The average Bonchev–Trinajstić information content (AvgIpc) is 2.49. The van der Waals surface area contributed by atoms with Gasteiger partial charge in [-0.05, 0) is 56.1 Å². The van der Waals surface area contributed by atoms with E-state index in [-0.39, 0.29) is 5.91 Å². The van der Waals surface area contributed by atoms with Crippen molar-refractivity contribution in [1.29, 1.82) is 0 Å². The molecule has 0 aliphatic carbocycles. The van der Waals surface area contributed by atoms with Crippen LogP contribution in [-0.2, 0) is 0 Å². The minimum Gasteiger partial charge on any atom is -0.346 e. The lowest BCUT2D eigenvalue weighted by molar-refractivity contribution is 0.0969. The number of rotatable bonds is 2. The number of benzene rings is 1. The Hall–Kier alpha value is -0.650. The summed E-state index contributed by atoms with van der Waals surface area (Å²) in [5, 5.41) is 3.73. The topological polar surface area (TPSA) is 32.3 Å². The zero-order chi connectivity index (χ0) is 15.4. The van der Waals surface area contributed by atoms with Crippen molar-refractivity contribution in [3.63, 3.8) is 0 Å². The molecule has 1 aromatic carbocycles. The summed E-state index contributed by atoms with van der Waals surface area (Å²) < 4.78 is 0.812. The number of halogens is 2. The second kappa shape index (κ2) is 7.56. The van der Waals surface area contributed by atoms with Crippen LogP contribution in [0.15, 0.2) is 22.7 Å². The van der Waals surface area contributed by atoms with Gasteiger partial charge in [0.1, 0.15) is 0 Å². The lowest BCUT2D eigenvalue weighted by Crippen LogP contribution is -2.49. The van der Waals surface area contributed by atoms with E-state index in [1.807, 2.05) is 0 Å². The first kappa shape index (κ1) is 16.7. The van der Waals surface area contributed by atoms with E-state index >= 15 is 0 Å². The van der Waals surface area contributed by atoms with Crippen LogP contribution in [0, 0.1) is 0 Å². The van der Waals surface area contributed by atoms with Crippen molar-refractivity contribution in [1.82, 2.24) is 10.2 Å². The molecule has 2 rings (SSSR count). The van der Waals surface area contributed by atoms with Crippen molar-refractivity contribution in [3.8, 4) is 0 Å². The first-order valence-electron chi connectivity index (χ1n) is 7.10. The Morgan fingerprint density at radius 1 is 1.52 bits per heavy atom. The lowest BCUT2D eigenvalue weighted by atomic mass is 10.0. The highest BCUT2D eigenvalue weighted by Crippen LogP contribution is 2.22. The van der Waals surface area contributed by atoms with Gasteiger partial charge in [0, 0.05) is 17.1 Å². The molecule has 1 aliphatic heterocycles. The third kappa shape index (κ3) is 4.18. The van der Waals surface area contributed by atoms with Crippen molar-refractivity contribution in [2.24, 2.45) is 0 Å². The molecule has 0 spiro atoms. The zero-order valence-corrected chi connectivity index (χ0v) is 15.0. The lowest BCUT2D eigenvalue weighted by Gasteiger charge is -2.37. The van der Waals surface area contributed by atoms with Crippen molar-refractivity contribution >= 4 is 50.8 Å². The molecule has 1 fully saturated rings. The van der Waals surface area contributed by atoms with E-state index < -0.39 is 0 Å². The van der Waals surface area contributed by atoms with E-state index in [0.29, 0.717) is 21.7 Å². The van der Waals surface area contributed by atoms with E-state index in [9.17, 15) is 4.79 Å². The second-order valence-corrected chi connectivity index (χ2v) is 6.84. The maximum Gasteiger partial charge on any atom is 0.258 e. The predicted molar refractivity (Wildman–Crippen MR) is 93.9 cm³/mol. The molecule has 0 bridgehead atoms. The normalized spacial score (nSPS) is 18.4. The molecular formula is C15H18BrClN2OS. The number of nitrogens with one attached hydrogen (secondary N) is 1. The number of hydrogen-bond donors (Lipinski definition) is 1. The Morgan fingerprint density at radius 2 is 2.29 bits per heavy atom. The summed E-state index contributed by atoms with van der Waals surface area (Å²) in [6, 6.07) is 5.62. The molecule has 3 nitrogen and oxygen atoms in total. The van der Waals surface area contributed by atoms with Gasteiger partial charge in [-0.1, -0.05) is 34.5 Å². The van der Waals surface area contributed by atoms with E-state index in [1.54, 1.807) is 18.2 Å². The molecule has 1 heterocycles. The smallest absolute Gasteiger partial charge is 0.258 e. The fourth-order valence-corrected chi connectivity index (χ4v) is 3.50. The average molecular weight is 390 g/mol. The number of piperidine rings is 1. The molecule has 1 aromatic rings. The molecule has 1 atom stereocenters. The monoisotopic (exact) mass is 388 g/mol. The fourth-order valence-electron chi connectivity index (χ4n) is 2.60. The van der Waals surface area contributed by atoms with Crippen LogP contribution in [0.5, 0.6) is 0 Å². The van der Waals surface area contributed by atoms with Gasteiger partial charge in [0.25, 0.3) is 5.91 Å². The fraction of sp³-hybridized carbons (Fsp3) is 0.467. The second-order valence-electron chi connectivity index (χ2n) is 5.13. The quantitative estimate of drug-likeness (QED) is 0.762. The summed E-state index contributed by atoms with van der Waals surface area (Å²) in [5.41, 5.74) is 0.429. The molecule has 21 heavy (non-hydrogen) atoms. The summed E-state index contributed by atoms with van der Waals surface area (Å²) in [5.74, 6) is -0.258. The maximum absolute atomic E-state index is 12.3. The summed E-state index contributed by atoms with van der Waals surface area (Å²) in [6.45, 7) is 3.06. The third-order valence-corrected chi connectivity index (χ3v) is 4.91. The van der Waals surface area contributed by atoms with Crippen LogP contribution in [0.2, 0.25) is 5.02 Å². The van der Waals surface area contributed by atoms with E-state index in [0.717, 1.165) is 30.3 Å². The number of carbonyl (C=O) groups excluding carboxylic acids is 1. The Morgan fingerprint density at radius 3 is 3.00 bits per heavy atom. The zero-order valence-electron chi connectivity index (χ0n) is 11.9. The number of nitrogens with zero attached hydrogens (tertiary/aromatic N) is 1. The summed E-state index contributed by atoms with van der Waals surface area (Å²) in [6.07, 6.45) is 4.50. The van der Waals surface area contributed by atoms with Crippen molar-refractivity contribution in [3.05, 3.63) is 33.3 Å². The summed E-state index contributed by atoms with van der Waals surface area (Å²) in [4.78, 5) is 14.5. The molecule has 1 N–H and O–H groups in total. The molecule has 1 aliphatic rings. The molecule has 0 saturated carbocycles. The molecular weight excluding hydrogens is 372 g/mol. The number of amides is 1. The van der Waals surface area contributed by atoms with E-state index in [2.05, 4.69) is 33.1 Å². The van der Waals surface area contributed by atoms with Gasteiger partial charge in [0.2, 0.25) is 0 Å². The van der Waals surface area contributed by atoms with Gasteiger partial charge in [-0.2, -0.15) is 0 Å². The highest BCUT2D eigenvalue weighted by Gasteiger charge is 2.24. The van der Waals surface area contributed by atoms with Gasteiger partial charge in [-0.3, -0.25) is 10.1 Å². The van der Waals surface area contributed by atoms with Crippen molar-refractivity contribution in [2.45, 2.75) is 38.6 Å². The van der Waals surface area contributed by atoms with Gasteiger partial charge in [-0.25, -0.2) is 0 Å². The summed E-state index contributed by atoms with van der Waals surface area (Å²) >= 11 is 14.8. The van der Waals surface area contributed by atoms with Crippen molar-refractivity contribution < 1.29 is 4.79 Å². The van der Waals surface area contributed by atoms with Gasteiger partial charge in [0.05, 0.1) is 10.6 Å². The molecule has 1 saturated heterocycles. The Kier molecular flexibility index (Phi) is 6.02. The number of thiocarbonyl (C=S) groups is 1. The largest absolute Gasteiger partial charge is 0.346 e. The van der Waals surface area contributed by atoms with Crippen LogP contribution in [-0.4, -0.2) is 28.5 Å². The number of hydrogen-bond acceptors (Lipinski definition) is 2. The van der Waals surface area contributed by atoms with Crippen molar-refractivity contribution in [2.75, 3.05) is 6.54 Å².